The van der Waals surface area contributed by atoms with Crippen LogP contribution in [-0.4, -0.2) is 21.6 Å². The Morgan fingerprint density at radius 1 is 1.23 bits per heavy atom. The van der Waals surface area contributed by atoms with Crippen molar-refractivity contribution < 1.29 is 4.79 Å². The summed E-state index contributed by atoms with van der Waals surface area (Å²) in [7, 11) is 0. The first-order chi connectivity index (χ1) is 10.2. The second kappa shape index (κ2) is 6.94. The van der Waals surface area contributed by atoms with Crippen molar-refractivity contribution in [1.29, 1.82) is 0 Å². The molecule has 22 heavy (non-hydrogen) atoms. The van der Waals surface area contributed by atoms with Crippen molar-refractivity contribution in [3.05, 3.63) is 36.5 Å². The Bertz CT molecular complexity index is 621. The maximum Gasteiger partial charge on any atom is 0.244 e. The minimum absolute atomic E-state index is 0. The standard InChI is InChI=1S/C16H20N4O.ClH/c17-16(8-2-1-3-9-16)15(21)19-13-6-4-5-12(11-13)14-7-10-18-20-14;/h4-7,10-11H,1-3,8-9,17H2,(H,18,20)(H,19,21);1H. The Morgan fingerprint density at radius 2 is 2.00 bits per heavy atom. The Balaban J connectivity index is 0.00000176. The predicted molar refractivity (Wildman–Crippen MR) is 89.9 cm³/mol. The van der Waals surface area contributed by atoms with Crippen molar-refractivity contribution in [2.24, 2.45) is 5.73 Å². The molecule has 3 rings (SSSR count). The number of nitrogens with one attached hydrogen (secondary N) is 2. The van der Waals surface area contributed by atoms with E-state index >= 15 is 0 Å². The largest absolute Gasteiger partial charge is 0.324 e. The fourth-order valence-corrected chi connectivity index (χ4v) is 2.85. The molecule has 0 bridgehead atoms. The molecule has 6 heteroatoms. The molecule has 0 aliphatic heterocycles. The van der Waals surface area contributed by atoms with Crippen LogP contribution >= 0.6 is 12.4 Å². The van der Waals surface area contributed by atoms with Gasteiger partial charge in [0.05, 0.1) is 11.2 Å². The van der Waals surface area contributed by atoms with Crippen molar-refractivity contribution in [3.63, 3.8) is 0 Å². The number of amides is 1. The monoisotopic (exact) mass is 320 g/mol. The van der Waals surface area contributed by atoms with Crippen molar-refractivity contribution in [3.8, 4) is 11.3 Å². The summed E-state index contributed by atoms with van der Waals surface area (Å²) in [6.07, 6.45) is 6.45. The summed E-state index contributed by atoms with van der Waals surface area (Å²) < 4.78 is 0. The van der Waals surface area contributed by atoms with Gasteiger partial charge in [-0.15, -0.1) is 12.4 Å². The van der Waals surface area contributed by atoms with Gasteiger partial charge in [0.2, 0.25) is 5.91 Å². The van der Waals surface area contributed by atoms with Crippen LogP contribution in [0.1, 0.15) is 32.1 Å². The van der Waals surface area contributed by atoms with E-state index in [2.05, 4.69) is 15.5 Å². The molecule has 0 unspecified atom stereocenters. The Labute approximate surface area is 136 Å². The molecule has 1 aromatic carbocycles. The van der Waals surface area contributed by atoms with E-state index in [1.54, 1.807) is 6.20 Å². The van der Waals surface area contributed by atoms with Gasteiger partial charge in [-0.1, -0.05) is 31.4 Å². The number of rotatable bonds is 3. The van der Waals surface area contributed by atoms with Crippen LogP contribution in [0.25, 0.3) is 11.3 Å². The highest BCUT2D eigenvalue weighted by Crippen LogP contribution is 2.28. The molecule has 1 amide bonds. The van der Waals surface area contributed by atoms with E-state index in [0.29, 0.717) is 0 Å². The highest BCUT2D eigenvalue weighted by atomic mass is 35.5. The van der Waals surface area contributed by atoms with Gasteiger partial charge in [0.1, 0.15) is 0 Å². The number of H-pyrrole nitrogens is 1. The number of nitrogens with zero attached hydrogens (tertiary/aromatic N) is 1. The smallest absolute Gasteiger partial charge is 0.244 e. The molecule has 1 fully saturated rings. The zero-order valence-electron chi connectivity index (χ0n) is 12.3. The van der Waals surface area contributed by atoms with Gasteiger partial charge in [0.25, 0.3) is 0 Å². The van der Waals surface area contributed by atoms with Crippen molar-refractivity contribution in [1.82, 2.24) is 10.2 Å². The fraction of sp³-hybridized carbons (Fsp3) is 0.375. The van der Waals surface area contributed by atoms with Crippen LogP contribution in [0.3, 0.4) is 0 Å². The molecule has 0 saturated heterocycles. The quantitative estimate of drug-likeness (QED) is 0.812. The molecule has 0 spiro atoms. The first kappa shape index (κ1) is 16.5. The average Bonchev–Trinajstić information content (AvgIpc) is 3.02. The highest BCUT2D eigenvalue weighted by Gasteiger charge is 2.35. The zero-order valence-corrected chi connectivity index (χ0v) is 13.2. The van der Waals surface area contributed by atoms with Crippen molar-refractivity contribution in [2.45, 2.75) is 37.6 Å². The van der Waals surface area contributed by atoms with Gasteiger partial charge in [-0.2, -0.15) is 5.10 Å². The molecule has 0 atom stereocenters. The maximum absolute atomic E-state index is 12.4. The first-order valence-electron chi connectivity index (χ1n) is 7.38. The van der Waals surface area contributed by atoms with Crippen LogP contribution in [0.2, 0.25) is 0 Å². The lowest BCUT2D eigenvalue weighted by Crippen LogP contribution is -2.52. The molecular weight excluding hydrogens is 300 g/mol. The van der Waals surface area contributed by atoms with Crippen LogP contribution in [0.15, 0.2) is 36.5 Å². The van der Waals surface area contributed by atoms with Crippen molar-refractivity contribution >= 4 is 24.0 Å². The molecule has 5 nitrogen and oxygen atoms in total. The number of carbonyl (C=O) groups excluding carboxylic acids is 1. The molecule has 118 valence electrons. The van der Waals surface area contributed by atoms with E-state index in [1.807, 2.05) is 30.3 Å². The van der Waals surface area contributed by atoms with E-state index in [9.17, 15) is 4.79 Å². The average molecular weight is 321 g/mol. The minimum atomic E-state index is -0.720. The summed E-state index contributed by atoms with van der Waals surface area (Å²) >= 11 is 0. The number of hydrogen-bond acceptors (Lipinski definition) is 3. The van der Waals surface area contributed by atoms with Crippen LogP contribution < -0.4 is 11.1 Å². The van der Waals surface area contributed by atoms with Crippen LogP contribution in [0.5, 0.6) is 0 Å². The SMILES string of the molecule is Cl.NC1(C(=O)Nc2cccc(-c3ccn[nH]3)c2)CCCCC1. The van der Waals surface area contributed by atoms with Gasteiger partial charge >= 0.3 is 0 Å². The number of nitrogens with two attached hydrogens (primary N) is 1. The highest BCUT2D eigenvalue weighted by molar-refractivity contribution is 5.98. The Hall–Kier alpha value is -1.85. The third kappa shape index (κ3) is 3.48. The number of aromatic amines is 1. The van der Waals surface area contributed by atoms with Gasteiger partial charge in [0, 0.05) is 17.4 Å². The van der Waals surface area contributed by atoms with E-state index < -0.39 is 5.54 Å². The van der Waals surface area contributed by atoms with E-state index in [4.69, 9.17) is 5.73 Å². The predicted octanol–water partition coefficient (Wildman–Crippen LogP) is 3.10. The van der Waals surface area contributed by atoms with Crippen LogP contribution in [0, 0.1) is 0 Å². The Morgan fingerprint density at radius 3 is 2.68 bits per heavy atom. The summed E-state index contributed by atoms with van der Waals surface area (Å²) in [4.78, 5) is 12.4. The summed E-state index contributed by atoms with van der Waals surface area (Å²) in [5.74, 6) is -0.0797. The van der Waals surface area contributed by atoms with E-state index in [-0.39, 0.29) is 18.3 Å². The van der Waals surface area contributed by atoms with Gasteiger partial charge in [-0.3, -0.25) is 9.89 Å². The van der Waals surface area contributed by atoms with Gasteiger partial charge < -0.3 is 11.1 Å². The summed E-state index contributed by atoms with van der Waals surface area (Å²) in [6.45, 7) is 0. The van der Waals surface area contributed by atoms with Crippen LogP contribution in [0.4, 0.5) is 5.69 Å². The zero-order chi connectivity index (χ0) is 14.7. The summed E-state index contributed by atoms with van der Waals surface area (Å²) in [6, 6.07) is 9.59. The minimum Gasteiger partial charge on any atom is -0.324 e. The lowest BCUT2D eigenvalue weighted by molar-refractivity contribution is -0.122. The summed E-state index contributed by atoms with van der Waals surface area (Å²) in [5.41, 5.74) is 8.21. The van der Waals surface area contributed by atoms with Crippen molar-refractivity contribution in [2.75, 3.05) is 5.32 Å². The van der Waals surface area contributed by atoms with Gasteiger partial charge in [-0.05, 0) is 31.0 Å². The second-order valence-corrected chi connectivity index (χ2v) is 5.72. The molecular formula is C16H21ClN4O. The number of benzene rings is 1. The Kier molecular flexibility index (Phi) is 5.21. The molecule has 1 heterocycles. The number of aromatic nitrogens is 2. The molecule has 1 aromatic heterocycles. The normalized spacial score (nSPS) is 16.6. The number of anilines is 1. The number of halogens is 1. The third-order valence-corrected chi connectivity index (χ3v) is 4.13. The molecule has 2 aromatic rings. The molecule has 4 N–H and O–H groups in total. The number of carbonyl (C=O) groups is 1. The maximum atomic E-state index is 12.4. The lowest BCUT2D eigenvalue weighted by Gasteiger charge is -2.31. The van der Waals surface area contributed by atoms with E-state index in [0.717, 1.165) is 42.6 Å². The molecule has 1 saturated carbocycles. The van der Waals surface area contributed by atoms with Gasteiger partial charge in [-0.25, -0.2) is 0 Å². The third-order valence-electron chi connectivity index (χ3n) is 4.13. The van der Waals surface area contributed by atoms with Crippen LogP contribution in [-0.2, 0) is 4.79 Å². The summed E-state index contributed by atoms with van der Waals surface area (Å²) in [5, 5.41) is 9.81. The number of hydrogen-bond donors (Lipinski definition) is 3. The molecule has 0 radical (unpaired) electrons. The van der Waals surface area contributed by atoms with E-state index in [1.165, 1.54) is 6.42 Å². The first-order valence-corrected chi connectivity index (χ1v) is 7.38. The topological polar surface area (TPSA) is 83.8 Å². The van der Waals surface area contributed by atoms with Gasteiger partial charge in [0.15, 0.2) is 0 Å². The fourth-order valence-electron chi connectivity index (χ4n) is 2.85. The second-order valence-electron chi connectivity index (χ2n) is 5.72. The molecule has 1 aliphatic carbocycles. The lowest BCUT2D eigenvalue weighted by atomic mass is 9.82. The molecule has 1 aliphatic rings.